The molecule has 3 heteroatoms. The Morgan fingerprint density at radius 1 is 1.29 bits per heavy atom. The highest BCUT2D eigenvalue weighted by atomic mass is 16.5. The molecule has 3 nitrogen and oxygen atoms in total. The summed E-state index contributed by atoms with van der Waals surface area (Å²) in [4.78, 5) is 12.5. The molecule has 0 spiro atoms. The molecule has 1 saturated carbocycles. The van der Waals surface area contributed by atoms with Crippen molar-refractivity contribution in [1.82, 2.24) is 5.32 Å². The van der Waals surface area contributed by atoms with E-state index in [2.05, 4.69) is 11.9 Å². The van der Waals surface area contributed by atoms with Crippen LogP contribution in [0.3, 0.4) is 0 Å². The van der Waals surface area contributed by atoms with Crippen LogP contribution < -0.4 is 10.1 Å². The molecule has 0 aliphatic heterocycles. The van der Waals surface area contributed by atoms with Crippen LogP contribution in [-0.2, 0) is 0 Å². The summed E-state index contributed by atoms with van der Waals surface area (Å²) >= 11 is 0. The summed E-state index contributed by atoms with van der Waals surface area (Å²) in [5.74, 6) is 1.04. The van der Waals surface area contributed by atoms with Gasteiger partial charge in [-0.3, -0.25) is 4.79 Å². The van der Waals surface area contributed by atoms with E-state index in [-0.39, 0.29) is 11.9 Å². The molecule has 0 bridgehead atoms. The molecule has 0 heterocycles. The van der Waals surface area contributed by atoms with Crippen LogP contribution >= 0.6 is 0 Å². The van der Waals surface area contributed by atoms with Gasteiger partial charge in [-0.05, 0) is 37.8 Å². The number of methoxy groups -OCH3 is 1. The lowest BCUT2D eigenvalue weighted by Crippen LogP contribution is -2.41. The maximum Gasteiger partial charge on any atom is 0.255 e. The van der Waals surface area contributed by atoms with Gasteiger partial charge in [-0.25, -0.2) is 0 Å². The lowest BCUT2D eigenvalue weighted by molar-refractivity contribution is 0.0921. The van der Waals surface area contributed by atoms with Gasteiger partial charge in [0.05, 0.1) is 18.7 Å². The number of hydrogen-bond donors (Lipinski definition) is 1. The van der Waals surface area contributed by atoms with E-state index in [1.54, 1.807) is 13.2 Å². The van der Waals surface area contributed by atoms with Gasteiger partial charge >= 0.3 is 0 Å². The van der Waals surface area contributed by atoms with E-state index in [0.29, 0.717) is 17.2 Å². The van der Waals surface area contributed by atoms with E-state index in [1.807, 2.05) is 25.1 Å². The average molecular weight is 287 g/mol. The van der Waals surface area contributed by atoms with Crippen molar-refractivity contribution < 1.29 is 9.53 Å². The predicted molar refractivity (Wildman–Crippen MR) is 85.6 cm³/mol. The first-order chi connectivity index (χ1) is 10.1. The number of para-hydroxylation sites is 1. The number of benzene rings is 1. The summed E-state index contributed by atoms with van der Waals surface area (Å²) in [6.07, 6.45) is 6.14. The van der Waals surface area contributed by atoms with E-state index in [0.717, 1.165) is 5.57 Å². The molecule has 0 saturated heterocycles. The van der Waals surface area contributed by atoms with E-state index >= 15 is 0 Å². The molecule has 0 radical (unpaired) electrons. The van der Waals surface area contributed by atoms with E-state index in [1.165, 1.54) is 32.1 Å². The molecule has 1 atom stereocenters. The zero-order chi connectivity index (χ0) is 15.2. The summed E-state index contributed by atoms with van der Waals surface area (Å²) < 4.78 is 5.27. The van der Waals surface area contributed by atoms with Crippen molar-refractivity contribution in [2.24, 2.45) is 5.92 Å². The molecule has 1 aromatic carbocycles. The number of carbonyl (C=O) groups excluding carboxylic acids is 1. The Labute approximate surface area is 127 Å². The molecule has 1 N–H and O–H groups in total. The van der Waals surface area contributed by atoms with Gasteiger partial charge in [0.15, 0.2) is 0 Å². The van der Waals surface area contributed by atoms with Crippen LogP contribution in [0.4, 0.5) is 0 Å². The summed E-state index contributed by atoms with van der Waals surface area (Å²) in [5.41, 5.74) is 1.62. The van der Waals surface area contributed by atoms with Crippen LogP contribution in [0.1, 0.15) is 49.4 Å². The van der Waals surface area contributed by atoms with Crippen LogP contribution in [-0.4, -0.2) is 19.1 Å². The Kier molecular flexibility index (Phi) is 5.43. The molecule has 114 valence electrons. The minimum atomic E-state index is -0.0778. The minimum Gasteiger partial charge on any atom is -0.496 e. The van der Waals surface area contributed by atoms with Crippen molar-refractivity contribution in [3.05, 3.63) is 42.0 Å². The molecule has 1 aliphatic carbocycles. The van der Waals surface area contributed by atoms with Gasteiger partial charge < -0.3 is 10.1 Å². The number of nitrogens with one attached hydrogen (secondary N) is 1. The summed E-state index contributed by atoms with van der Waals surface area (Å²) in [6.45, 7) is 6.08. The monoisotopic (exact) mass is 287 g/mol. The third-order valence-electron chi connectivity index (χ3n) is 4.29. The maximum absolute atomic E-state index is 12.5. The zero-order valence-electron chi connectivity index (χ0n) is 13.0. The van der Waals surface area contributed by atoms with Crippen molar-refractivity contribution in [1.29, 1.82) is 0 Å². The molecule has 1 aliphatic rings. The predicted octanol–water partition coefficient (Wildman–Crippen LogP) is 3.95. The first-order valence-corrected chi connectivity index (χ1v) is 7.72. The zero-order valence-corrected chi connectivity index (χ0v) is 13.0. The largest absolute Gasteiger partial charge is 0.496 e. The van der Waals surface area contributed by atoms with E-state index in [9.17, 15) is 4.79 Å². The molecule has 0 aromatic heterocycles. The number of carbonyl (C=O) groups is 1. The molecular formula is C18H25NO2. The Balaban J connectivity index is 2.12. The number of amides is 1. The van der Waals surface area contributed by atoms with Gasteiger partial charge in [-0.2, -0.15) is 0 Å². The van der Waals surface area contributed by atoms with Gasteiger partial charge in [0.25, 0.3) is 5.91 Å². The lowest BCUT2D eigenvalue weighted by Gasteiger charge is -2.31. The number of rotatable bonds is 5. The summed E-state index contributed by atoms with van der Waals surface area (Å²) in [7, 11) is 1.59. The standard InChI is InChI=1S/C18H25NO2/c1-13(2)17(14-9-5-4-6-10-14)19-18(20)15-11-7-8-12-16(15)21-3/h7-8,11-12,14,17H,1,4-6,9-10H2,2-3H3,(H,19,20). The Bertz CT molecular complexity index is 504. The Hall–Kier alpha value is -1.77. The van der Waals surface area contributed by atoms with Crippen molar-refractivity contribution in [3.63, 3.8) is 0 Å². The van der Waals surface area contributed by atoms with E-state index in [4.69, 9.17) is 4.74 Å². The van der Waals surface area contributed by atoms with Gasteiger partial charge in [0.2, 0.25) is 0 Å². The quantitative estimate of drug-likeness (QED) is 0.833. The maximum atomic E-state index is 12.5. The van der Waals surface area contributed by atoms with Crippen molar-refractivity contribution in [2.45, 2.75) is 45.1 Å². The molecule has 2 rings (SSSR count). The third kappa shape index (κ3) is 3.87. The molecule has 1 unspecified atom stereocenters. The van der Waals surface area contributed by atoms with Gasteiger partial charge in [-0.1, -0.05) is 43.5 Å². The third-order valence-corrected chi connectivity index (χ3v) is 4.29. The van der Waals surface area contributed by atoms with Crippen LogP contribution in [0.15, 0.2) is 36.4 Å². The van der Waals surface area contributed by atoms with Crippen molar-refractivity contribution >= 4 is 5.91 Å². The molecule has 1 amide bonds. The highest BCUT2D eigenvalue weighted by Crippen LogP contribution is 2.29. The van der Waals surface area contributed by atoms with Gasteiger partial charge in [-0.15, -0.1) is 0 Å². The number of hydrogen-bond acceptors (Lipinski definition) is 2. The van der Waals surface area contributed by atoms with Crippen LogP contribution in [0.2, 0.25) is 0 Å². The molecule has 21 heavy (non-hydrogen) atoms. The second kappa shape index (κ2) is 7.30. The molecular weight excluding hydrogens is 262 g/mol. The van der Waals surface area contributed by atoms with Crippen LogP contribution in [0.25, 0.3) is 0 Å². The summed E-state index contributed by atoms with van der Waals surface area (Å²) in [5, 5.41) is 3.16. The van der Waals surface area contributed by atoms with Gasteiger partial charge in [0.1, 0.15) is 5.75 Å². The van der Waals surface area contributed by atoms with Crippen molar-refractivity contribution in [3.8, 4) is 5.75 Å². The second-order valence-corrected chi connectivity index (χ2v) is 5.90. The second-order valence-electron chi connectivity index (χ2n) is 5.90. The Morgan fingerprint density at radius 2 is 1.95 bits per heavy atom. The normalized spacial score (nSPS) is 17.0. The highest BCUT2D eigenvalue weighted by Gasteiger charge is 2.26. The molecule has 1 fully saturated rings. The van der Waals surface area contributed by atoms with Crippen LogP contribution in [0.5, 0.6) is 5.75 Å². The summed E-state index contributed by atoms with van der Waals surface area (Å²) in [6, 6.07) is 7.39. The fourth-order valence-corrected chi connectivity index (χ4v) is 3.16. The van der Waals surface area contributed by atoms with E-state index < -0.39 is 0 Å². The molecule has 1 aromatic rings. The average Bonchev–Trinajstić information content (AvgIpc) is 2.52. The smallest absolute Gasteiger partial charge is 0.255 e. The topological polar surface area (TPSA) is 38.3 Å². The first kappa shape index (κ1) is 15.6. The van der Waals surface area contributed by atoms with Gasteiger partial charge in [0, 0.05) is 0 Å². The first-order valence-electron chi connectivity index (χ1n) is 7.72. The highest BCUT2D eigenvalue weighted by molar-refractivity contribution is 5.97. The van der Waals surface area contributed by atoms with Crippen molar-refractivity contribution in [2.75, 3.05) is 7.11 Å². The van der Waals surface area contributed by atoms with Crippen LogP contribution in [0, 0.1) is 5.92 Å². The Morgan fingerprint density at radius 3 is 2.57 bits per heavy atom. The fourth-order valence-electron chi connectivity index (χ4n) is 3.16. The fraction of sp³-hybridized carbons (Fsp3) is 0.500. The lowest BCUT2D eigenvalue weighted by atomic mass is 9.81. The minimum absolute atomic E-state index is 0.0581. The number of ether oxygens (including phenoxy) is 1. The SMILES string of the molecule is C=C(C)C(NC(=O)c1ccccc1OC)C1CCCCC1.